The highest BCUT2D eigenvalue weighted by Crippen LogP contribution is 2.28. The number of para-hydroxylation sites is 1. The van der Waals surface area contributed by atoms with Gasteiger partial charge in [-0.05, 0) is 47.3 Å². The van der Waals surface area contributed by atoms with Gasteiger partial charge in [0.1, 0.15) is 0 Å². The lowest BCUT2D eigenvalue weighted by Gasteiger charge is -2.12. The molecule has 0 aliphatic carbocycles. The van der Waals surface area contributed by atoms with Crippen LogP contribution >= 0.6 is 11.3 Å². The summed E-state index contributed by atoms with van der Waals surface area (Å²) in [7, 11) is 0. The summed E-state index contributed by atoms with van der Waals surface area (Å²) in [4.78, 5) is 25.5. The lowest BCUT2D eigenvalue weighted by atomic mass is 10.0. The second-order valence-electron chi connectivity index (χ2n) is 6.37. The van der Waals surface area contributed by atoms with Crippen LogP contribution in [0.2, 0.25) is 0 Å². The molecule has 0 radical (unpaired) electrons. The Labute approximate surface area is 172 Å². The first-order valence-electron chi connectivity index (χ1n) is 9.11. The molecule has 0 aliphatic heterocycles. The van der Waals surface area contributed by atoms with Crippen molar-refractivity contribution < 1.29 is 9.59 Å². The molecule has 2 N–H and O–H groups in total. The van der Waals surface area contributed by atoms with E-state index in [4.69, 9.17) is 0 Å². The minimum atomic E-state index is -0.204. The van der Waals surface area contributed by atoms with Crippen LogP contribution in [0.15, 0.2) is 96.4 Å². The van der Waals surface area contributed by atoms with Gasteiger partial charge in [0.15, 0.2) is 0 Å². The normalized spacial score (nSPS) is 10.3. The highest BCUT2D eigenvalue weighted by atomic mass is 32.1. The fourth-order valence-corrected chi connectivity index (χ4v) is 3.58. The van der Waals surface area contributed by atoms with Crippen LogP contribution in [0.4, 0.5) is 11.4 Å². The molecule has 0 aliphatic rings. The van der Waals surface area contributed by atoms with E-state index in [1.807, 2.05) is 66.0 Å². The van der Waals surface area contributed by atoms with E-state index in [1.54, 1.807) is 30.3 Å². The van der Waals surface area contributed by atoms with E-state index in [1.165, 1.54) is 11.3 Å². The van der Waals surface area contributed by atoms with Crippen LogP contribution in [0.1, 0.15) is 20.0 Å². The van der Waals surface area contributed by atoms with Gasteiger partial charge in [0.25, 0.3) is 11.8 Å². The molecule has 0 saturated heterocycles. The third-order valence-electron chi connectivity index (χ3n) is 4.41. The number of amides is 2. The van der Waals surface area contributed by atoms with E-state index >= 15 is 0 Å². The van der Waals surface area contributed by atoms with Crippen LogP contribution in [-0.4, -0.2) is 11.8 Å². The van der Waals surface area contributed by atoms with Gasteiger partial charge in [-0.1, -0.05) is 54.6 Å². The summed E-state index contributed by atoms with van der Waals surface area (Å²) < 4.78 is 0. The van der Waals surface area contributed by atoms with Gasteiger partial charge in [0.05, 0.1) is 4.88 Å². The molecule has 29 heavy (non-hydrogen) atoms. The third kappa shape index (κ3) is 4.42. The Morgan fingerprint density at radius 3 is 2.10 bits per heavy atom. The molecule has 4 rings (SSSR count). The number of carbonyl (C=O) groups is 2. The van der Waals surface area contributed by atoms with Crippen molar-refractivity contribution in [3.8, 4) is 11.1 Å². The topological polar surface area (TPSA) is 58.2 Å². The van der Waals surface area contributed by atoms with Gasteiger partial charge in [-0.15, -0.1) is 11.3 Å². The van der Waals surface area contributed by atoms with Gasteiger partial charge in [-0.2, -0.15) is 0 Å². The van der Waals surface area contributed by atoms with Gasteiger partial charge < -0.3 is 10.6 Å². The first kappa shape index (κ1) is 18.7. The maximum atomic E-state index is 12.7. The maximum Gasteiger partial charge on any atom is 0.265 e. The molecule has 3 aromatic carbocycles. The standard InChI is InChI=1S/C24H18N2O2S/c27-23(26-21-10-5-4-9-20(21)17-7-2-1-3-8-17)18-12-14-19(15-13-18)25-24(28)22-11-6-16-29-22/h1-16H,(H,25,28)(H,26,27). The molecule has 0 saturated carbocycles. The number of hydrogen-bond donors (Lipinski definition) is 2. The number of benzene rings is 3. The predicted molar refractivity (Wildman–Crippen MR) is 119 cm³/mol. The smallest absolute Gasteiger partial charge is 0.265 e. The summed E-state index contributed by atoms with van der Waals surface area (Å²) in [6.07, 6.45) is 0. The van der Waals surface area contributed by atoms with E-state index in [2.05, 4.69) is 10.6 Å². The molecule has 0 fully saturated rings. The Balaban J connectivity index is 1.48. The largest absolute Gasteiger partial charge is 0.321 e. The second-order valence-corrected chi connectivity index (χ2v) is 7.32. The van der Waals surface area contributed by atoms with E-state index in [0.717, 1.165) is 16.8 Å². The average Bonchev–Trinajstić information content (AvgIpc) is 3.30. The Kier molecular flexibility index (Phi) is 5.49. The van der Waals surface area contributed by atoms with Crippen LogP contribution < -0.4 is 10.6 Å². The molecule has 4 aromatic rings. The zero-order valence-electron chi connectivity index (χ0n) is 15.5. The average molecular weight is 398 g/mol. The zero-order chi connectivity index (χ0) is 20.1. The number of thiophene rings is 1. The molecule has 1 aromatic heterocycles. The summed E-state index contributed by atoms with van der Waals surface area (Å²) in [5.74, 6) is -0.362. The van der Waals surface area contributed by atoms with Crippen LogP contribution in [0, 0.1) is 0 Å². The van der Waals surface area contributed by atoms with Crippen LogP contribution in [0.25, 0.3) is 11.1 Å². The molecule has 0 unspecified atom stereocenters. The van der Waals surface area contributed by atoms with Gasteiger partial charge in [0.2, 0.25) is 0 Å². The van der Waals surface area contributed by atoms with Crippen LogP contribution in [0.5, 0.6) is 0 Å². The predicted octanol–water partition coefficient (Wildman–Crippen LogP) is 5.92. The lowest BCUT2D eigenvalue weighted by Crippen LogP contribution is -2.13. The van der Waals surface area contributed by atoms with Gasteiger partial charge in [-0.3, -0.25) is 9.59 Å². The fraction of sp³-hybridized carbons (Fsp3) is 0. The summed E-state index contributed by atoms with van der Waals surface area (Å²) in [5.41, 5.74) is 3.90. The monoisotopic (exact) mass is 398 g/mol. The van der Waals surface area contributed by atoms with Crippen LogP contribution in [-0.2, 0) is 0 Å². The SMILES string of the molecule is O=C(Nc1ccccc1-c1ccccc1)c1ccc(NC(=O)c2cccs2)cc1. The van der Waals surface area contributed by atoms with E-state index < -0.39 is 0 Å². The number of rotatable bonds is 5. The van der Waals surface area contributed by atoms with Gasteiger partial charge in [-0.25, -0.2) is 0 Å². The molecule has 0 spiro atoms. The molecule has 142 valence electrons. The number of nitrogens with one attached hydrogen (secondary N) is 2. The van der Waals surface area contributed by atoms with Gasteiger partial charge >= 0.3 is 0 Å². The molecule has 4 nitrogen and oxygen atoms in total. The van der Waals surface area contributed by atoms with Crippen molar-refractivity contribution in [1.29, 1.82) is 0 Å². The Bertz CT molecular complexity index is 1120. The number of anilines is 2. The zero-order valence-corrected chi connectivity index (χ0v) is 16.3. The molecular weight excluding hydrogens is 380 g/mol. The fourth-order valence-electron chi connectivity index (χ4n) is 2.96. The van der Waals surface area contributed by atoms with Crippen molar-refractivity contribution in [2.45, 2.75) is 0 Å². The summed E-state index contributed by atoms with van der Waals surface area (Å²) in [5, 5.41) is 7.67. The van der Waals surface area contributed by atoms with E-state index in [0.29, 0.717) is 16.1 Å². The Morgan fingerprint density at radius 2 is 1.38 bits per heavy atom. The quantitative estimate of drug-likeness (QED) is 0.438. The Hall–Kier alpha value is -3.70. The first-order valence-corrected chi connectivity index (χ1v) is 9.99. The highest BCUT2D eigenvalue weighted by Gasteiger charge is 2.11. The van der Waals surface area contributed by atoms with Crippen molar-refractivity contribution in [2.75, 3.05) is 10.6 Å². The minimum absolute atomic E-state index is 0.158. The third-order valence-corrected chi connectivity index (χ3v) is 5.28. The van der Waals surface area contributed by atoms with E-state index in [-0.39, 0.29) is 11.8 Å². The van der Waals surface area contributed by atoms with Crippen molar-refractivity contribution in [3.05, 3.63) is 107 Å². The maximum absolute atomic E-state index is 12.7. The van der Waals surface area contributed by atoms with Crippen molar-refractivity contribution in [1.82, 2.24) is 0 Å². The second kappa shape index (κ2) is 8.54. The molecule has 2 amide bonds. The van der Waals surface area contributed by atoms with Crippen molar-refractivity contribution in [2.24, 2.45) is 0 Å². The van der Waals surface area contributed by atoms with Gasteiger partial charge in [0, 0.05) is 22.5 Å². The molecule has 0 bridgehead atoms. The summed E-state index contributed by atoms with van der Waals surface area (Å²) in [6, 6.07) is 28.1. The molecule has 5 heteroatoms. The Morgan fingerprint density at radius 1 is 0.655 bits per heavy atom. The number of carbonyl (C=O) groups excluding carboxylic acids is 2. The molecule has 1 heterocycles. The summed E-state index contributed by atoms with van der Waals surface area (Å²) in [6.45, 7) is 0. The van der Waals surface area contributed by atoms with Crippen LogP contribution in [0.3, 0.4) is 0 Å². The van der Waals surface area contributed by atoms with Crippen molar-refractivity contribution >= 4 is 34.5 Å². The summed E-state index contributed by atoms with van der Waals surface area (Å²) >= 11 is 1.38. The minimum Gasteiger partial charge on any atom is -0.321 e. The number of hydrogen-bond acceptors (Lipinski definition) is 3. The lowest BCUT2D eigenvalue weighted by molar-refractivity contribution is 0.102. The highest BCUT2D eigenvalue weighted by molar-refractivity contribution is 7.12. The molecular formula is C24H18N2O2S. The van der Waals surface area contributed by atoms with Crippen molar-refractivity contribution in [3.63, 3.8) is 0 Å². The molecule has 0 atom stereocenters. The first-order chi connectivity index (χ1) is 14.2. The van der Waals surface area contributed by atoms with E-state index in [9.17, 15) is 9.59 Å².